The Bertz CT molecular complexity index is 315. The Labute approximate surface area is 101 Å². The van der Waals surface area contributed by atoms with Crippen molar-refractivity contribution in [3.8, 4) is 0 Å². The molecule has 0 unspecified atom stereocenters. The summed E-state index contributed by atoms with van der Waals surface area (Å²) in [5.41, 5.74) is 2.36. The molecule has 0 amide bonds. The lowest BCUT2D eigenvalue weighted by Gasteiger charge is -2.14. The van der Waals surface area contributed by atoms with E-state index in [0.717, 1.165) is 31.6 Å². The van der Waals surface area contributed by atoms with Gasteiger partial charge in [-0.1, -0.05) is 6.92 Å². The van der Waals surface area contributed by atoms with E-state index >= 15 is 0 Å². The second-order valence-corrected chi connectivity index (χ2v) is 4.64. The first-order valence-electron chi connectivity index (χ1n) is 3.96. The Morgan fingerprint density at radius 1 is 0.846 bits per heavy atom. The average molecular weight is 248 g/mol. The third kappa shape index (κ3) is 2.01. The summed E-state index contributed by atoms with van der Waals surface area (Å²) in [7, 11) is 0. The minimum atomic E-state index is 0.811. The van der Waals surface area contributed by atoms with Gasteiger partial charge < -0.3 is 0 Å². The molecule has 0 saturated carbocycles. The van der Waals surface area contributed by atoms with E-state index < -0.39 is 0 Å². The fourth-order valence-corrected chi connectivity index (χ4v) is 2.69. The molecule has 13 heavy (non-hydrogen) atoms. The second-order valence-electron chi connectivity index (χ2n) is 2.85. The highest BCUT2D eigenvalue weighted by Crippen LogP contribution is 2.37. The first-order valence-corrected chi connectivity index (χ1v) is 5.74. The van der Waals surface area contributed by atoms with Crippen LogP contribution in [0.5, 0.6) is 0 Å². The molecule has 0 aromatic heterocycles. The number of thiol groups is 4. The first kappa shape index (κ1) is 11.7. The molecule has 0 spiro atoms. The monoisotopic (exact) mass is 248 g/mol. The maximum absolute atomic E-state index is 4.42. The van der Waals surface area contributed by atoms with Gasteiger partial charge in [-0.3, -0.25) is 0 Å². The third-order valence-corrected chi connectivity index (χ3v) is 4.60. The molecule has 0 saturated heterocycles. The minimum absolute atomic E-state index is 0.811. The summed E-state index contributed by atoms with van der Waals surface area (Å²) < 4.78 is 0. The van der Waals surface area contributed by atoms with Gasteiger partial charge >= 0.3 is 0 Å². The molecule has 1 rings (SSSR count). The van der Waals surface area contributed by atoms with Crippen LogP contribution in [-0.2, 0) is 6.42 Å². The van der Waals surface area contributed by atoms with Crippen LogP contribution in [0.4, 0.5) is 0 Å². The first-order chi connectivity index (χ1) is 6.00. The number of hydrogen-bond donors (Lipinski definition) is 4. The van der Waals surface area contributed by atoms with Gasteiger partial charge in [0.25, 0.3) is 0 Å². The predicted molar refractivity (Wildman–Crippen MR) is 69.6 cm³/mol. The van der Waals surface area contributed by atoms with Crippen molar-refractivity contribution in [1.82, 2.24) is 0 Å². The smallest absolute Gasteiger partial charge is 0.0322 e. The van der Waals surface area contributed by atoms with Crippen LogP contribution in [0.15, 0.2) is 19.6 Å². The van der Waals surface area contributed by atoms with Gasteiger partial charge in [-0.15, -0.1) is 50.5 Å². The topological polar surface area (TPSA) is 0 Å². The molecular formula is C9H12S4. The Morgan fingerprint density at radius 3 is 1.77 bits per heavy atom. The van der Waals surface area contributed by atoms with Crippen LogP contribution in [-0.4, -0.2) is 0 Å². The molecule has 1 aromatic rings. The number of rotatable bonds is 1. The molecular weight excluding hydrogens is 236 g/mol. The van der Waals surface area contributed by atoms with E-state index in [4.69, 9.17) is 0 Å². The summed E-state index contributed by atoms with van der Waals surface area (Å²) in [6.45, 7) is 4.13. The van der Waals surface area contributed by atoms with Gasteiger partial charge in [-0.25, -0.2) is 0 Å². The summed E-state index contributed by atoms with van der Waals surface area (Å²) in [4.78, 5) is 3.46. The zero-order valence-electron chi connectivity index (χ0n) is 7.50. The van der Waals surface area contributed by atoms with E-state index in [1.165, 1.54) is 5.56 Å². The fraction of sp³-hybridized carbons (Fsp3) is 0.333. The van der Waals surface area contributed by atoms with Crippen molar-refractivity contribution in [2.45, 2.75) is 39.9 Å². The van der Waals surface area contributed by atoms with Gasteiger partial charge in [0.2, 0.25) is 0 Å². The zero-order valence-corrected chi connectivity index (χ0v) is 11.1. The minimum Gasteiger partial charge on any atom is -0.142 e. The van der Waals surface area contributed by atoms with Gasteiger partial charge in [0.1, 0.15) is 0 Å². The molecule has 72 valence electrons. The highest BCUT2D eigenvalue weighted by molar-refractivity contribution is 7.86. The molecule has 0 radical (unpaired) electrons. The van der Waals surface area contributed by atoms with Gasteiger partial charge in [0.05, 0.1) is 0 Å². The lowest BCUT2D eigenvalue weighted by molar-refractivity contribution is 0.924. The summed E-state index contributed by atoms with van der Waals surface area (Å²) in [5, 5.41) is 0. The Morgan fingerprint density at radius 2 is 1.31 bits per heavy atom. The fourth-order valence-electron chi connectivity index (χ4n) is 1.30. The normalized spacial score (nSPS) is 10.6. The molecule has 0 N–H and O–H groups in total. The largest absolute Gasteiger partial charge is 0.142 e. The quantitative estimate of drug-likeness (QED) is 0.535. The van der Waals surface area contributed by atoms with E-state index in [0.29, 0.717) is 0 Å². The lowest BCUT2D eigenvalue weighted by Crippen LogP contribution is -1.94. The van der Waals surface area contributed by atoms with E-state index in [1.54, 1.807) is 0 Å². The standard InChI is InChI=1S/C9H12S4/c1-3-5-4(2)6(10)8(12)9(13)7(5)11/h10-13H,3H2,1-2H3. The lowest BCUT2D eigenvalue weighted by atomic mass is 10.1. The van der Waals surface area contributed by atoms with E-state index in [2.05, 4.69) is 57.4 Å². The SMILES string of the molecule is CCc1c(C)c(S)c(S)c(S)c1S. The molecule has 1 aromatic carbocycles. The summed E-state index contributed by atoms with van der Waals surface area (Å²) in [5.74, 6) is 0. The van der Waals surface area contributed by atoms with Gasteiger partial charge in [-0.2, -0.15) is 0 Å². The van der Waals surface area contributed by atoms with Crippen LogP contribution in [0, 0.1) is 6.92 Å². The third-order valence-electron chi connectivity index (χ3n) is 2.12. The van der Waals surface area contributed by atoms with E-state index in [-0.39, 0.29) is 0 Å². The van der Waals surface area contributed by atoms with Crippen LogP contribution in [0.3, 0.4) is 0 Å². The van der Waals surface area contributed by atoms with Crippen LogP contribution in [0.2, 0.25) is 0 Å². The molecule has 0 bridgehead atoms. The molecule has 0 heterocycles. The Hall–Kier alpha value is 0.620. The van der Waals surface area contributed by atoms with Crippen LogP contribution < -0.4 is 0 Å². The Balaban J connectivity index is 3.56. The van der Waals surface area contributed by atoms with Crippen molar-refractivity contribution in [3.63, 3.8) is 0 Å². The second kappa shape index (κ2) is 4.43. The predicted octanol–water partition coefficient (Wildman–Crippen LogP) is 3.71. The average Bonchev–Trinajstić information content (AvgIpc) is 2.13. The molecule has 0 aliphatic carbocycles. The highest BCUT2D eigenvalue weighted by Gasteiger charge is 2.12. The van der Waals surface area contributed by atoms with Crippen molar-refractivity contribution in [2.75, 3.05) is 0 Å². The van der Waals surface area contributed by atoms with Crippen LogP contribution in [0.25, 0.3) is 0 Å². The van der Waals surface area contributed by atoms with E-state index in [9.17, 15) is 0 Å². The molecule has 0 fully saturated rings. The van der Waals surface area contributed by atoms with Crippen molar-refractivity contribution < 1.29 is 0 Å². The molecule has 0 atom stereocenters. The molecule has 4 heteroatoms. The highest BCUT2D eigenvalue weighted by atomic mass is 32.1. The maximum atomic E-state index is 4.42. The van der Waals surface area contributed by atoms with E-state index in [1.807, 2.05) is 6.92 Å². The number of benzene rings is 1. The van der Waals surface area contributed by atoms with Gasteiger partial charge in [-0.05, 0) is 24.5 Å². The molecule has 0 aliphatic rings. The van der Waals surface area contributed by atoms with Gasteiger partial charge in [0.15, 0.2) is 0 Å². The van der Waals surface area contributed by atoms with Crippen LogP contribution in [0.1, 0.15) is 18.1 Å². The zero-order chi connectivity index (χ0) is 10.2. The van der Waals surface area contributed by atoms with Crippen LogP contribution >= 0.6 is 50.5 Å². The molecule has 0 aliphatic heterocycles. The van der Waals surface area contributed by atoms with Gasteiger partial charge in [0, 0.05) is 19.6 Å². The van der Waals surface area contributed by atoms with Crippen molar-refractivity contribution in [1.29, 1.82) is 0 Å². The van der Waals surface area contributed by atoms with Crippen molar-refractivity contribution >= 4 is 50.5 Å². The van der Waals surface area contributed by atoms with Crippen molar-refractivity contribution in [2.24, 2.45) is 0 Å². The summed E-state index contributed by atoms with van der Waals surface area (Å²) in [6.07, 6.45) is 0.944. The number of hydrogen-bond acceptors (Lipinski definition) is 4. The maximum Gasteiger partial charge on any atom is 0.0322 e. The summed E-state index contributed by atoms with van der Waals surface area (Å²) in [6, 6.07) is 0. The Kier molecular flexibility index (Phi) is 3.98. The molecule has 0 nitrogen and oxygen atoms in total. The van der Waals surface area contributed by atoms with Crippen molar-refractivity contribution in [3.05, 3.63) is 11.1 Å². The summed E-state index contributed by atoms with van der Waals surface area (Å²) >= 11 is 17.5.